The molecule has 0 bridgehead atoms. The van der Waals surface area contributed by atoms with E-state index in [2.05, 4.69) is 10.3 Å². The second kappa shape index (κ2) is 7.36. The topological polar surface area (TPSA) is 90.3 Å². The van der Waals surface area contributed by atoms with Gasteiger partial charge in [-0.05, 0) is 31.7 Å². The maximum Gasteiger partial charge on any atom is 0.349 e. The van der Waals surface area contributed by atoms with Crippen LogP contribution in [0.15, 0.2) is 35.1 Å². The third kappa shape index (κ3) is 3.31. The number of benzene rings is 1. The van der Waals surface area contributed by atoms with Crippen molar-refractivity contribution in [2.24, 2.45) is 0 Å². The molecule has 0 radical (unpaired) electrons. The molecule has 8 heteroatoms. The molecule has 1 aliphatic heterocycles. The Kier molecular flexibility index (Phi) is 4.66. The van der Waals surface area contributed by atoms with E-state index in [-0.39, 0.29) is 17.5 Å². The van der Waals surface area contributed by atoms with Gasteiger partial charge in [-0.1, -0.05) is 30.3 Å². The van der Waals surface area contributed by atoms with Crippen LogP contribution < -0.4 is 10.9 Å². The lowest BCUT2D eigenvalue weighted by Crippen LogP contribution is -2.33. The predicted octanol–water partition coefficient (Wildman–Crippen LogP) is 2.89. The molecule has 1 amide bonds. The lowest BCUT2D eigenvalue weighted by molar-refractivity contribution is -0.130. The highest BCUT2D eigenvalue weighted by atomic mass is 32.1. The summed E-state index contributed by atoms with van der Waals surface area (Å²) >= 11 is 1.16. The van der Waals surface area contributed by atoms with Crippen molar-refractivity contribution in [2.75, 3.05) is 0 Å². The molecule has 154 valence electrons. The fraction of sp³-hybridized carbons (Fsp3) is 0.364. The molecule has 2 aromatic heterocycles. The van der Waals surface area contributed by atoms with Gasteiger partial charge in [0.25, 0.3) is 11.5 Å². The molecule has 1 aliphatic carbocycles. The van der Waals surface area contributed by atoms with Gasteiger partial charge in [-0.2, -0.15) is 0 Å². The zero-order valence-corrected chi connectivity index (χ0v) is 17.3. The van der Waals surface area contributed by atoms with E-state index in [1.807, 2.05) is 6.07 Å². The van der Waals surface area contributed by atoms with E-state index >= 15 is 0 Å². The van der Waals surface area contributed by atoms with Gasteiger partial charge in [-0.25, -0.2) is 9.78 Å². The molecule has 3 heterocycles. The summed E-state index contributed by atoms with van der Waals surface area (Å²) in [6.45, 7) is 2.39. The van der Waals surface area contributed by atoms with Crippen molar-refractivity contribution in [3.63, 3.8) is 0 Å². The molecule has 5 rings (SSSR count). The number of nitrogens with one attached hydrogen (secondary N) is 1. The van der Waals surface area contributed by atoms with Gasteiger partial charge in [0.15, 0.2) is 0 Å². The molecule has 1 aromatic carbocycles. The molecule has 0 saturated heterocycles. The first kappa shape index (κ1) is 19.0. The highest BCUT2D eigenvalue weighted by Gasteiger charge is 2.32. The fourth-order valence-electron chi connectivity index (χ4n) is 3.84. The van der Waals surface area contributed by atoms with Crippen LogP contribution in [-0.4, -0.2) is 27.5 Å². The van der Waals surface area contributed by atoms with Crippen LogP contribution in [-0.2, 0) is 22.5 Å². The molecule has 2 aliphatic rings. The summed E-state index contributed by atoms with van der Waals surface area (Å²) in [5.41, 5.74) is 1.07. The van der Waals surface area contributed by atoms with E-state index in [4.69, 9.17) is 4.74 Å². The Morgan fingerprint density at radius 2 is 2.03 bits per heavy atom. The highest BCUT2D eigenvalue weighted by Crippen LogP contribution is 2.31. The fourth-order valence-corrected chi connectivity index (χ4v) is 4.91. The van der Waals surface area contributed by atoms with E-state index in [1.165, 1.54) is 0 Å². The number of carbonyl (C=O) groups is 2. The van der Waals surface area contributed by atoms with Crippen molar-refractivity contribution in [2.45, 2.75) is 51.3 Å². The Morgan fingerprint density at radius 3 is 2.77 bits per heavy atom. The van der Waals surface area contributed by atoms with Crippen molar-refractivity contribution in [3.05, 3.63) is 62.5 Å². The van der Waals surface area contributed by atoms with Crippen molar-refractivity contribution in [1.29, 1.82) is 0 Å². The number of aromatic nitrogens is 2. The first-order chi connectivity index (χ1) is 14.5. The van der Waals surface area contributed by atoms with Crippen LogP contribution >= 0.6 is 11.3 Å². The van der Waals surface area contributed by atoms with Crippen LogP contribution in [0.4, 0.5) is 0 Å². The Morgan fingerprint density at radius 1 is 1.27 bits per heavy atom. The van der Waals surface area contributed by atoms with E-state index in [1.54, 1.807) is 35.8 Å². The lowest BCUT2D eigenvalue weighted by atomic mass is 10.1. The molecular formula is C22H21N3O4S. The van der Waals surface area contributed by atoms with Crippen LogP contribution in [0.2, 0.25) is 0 Å². The number of carbonyl (C=O) groups excluding carboxylic acids is 2. The third-order valence-corrected chi connectivity index (χ3v) is 6.75. The van der Waals surface area contributed by atoms with Crippen molar-refractivity contribution in [1.82, 2.24) is 14.9 Å². The van der Waals surface area contributed by atoms with E-state index in [0.29, 0.717) is 32.8 Å². The van der Waals surface area contributed by atoms with Crippen molar-refractivity contribution in [3.8, 4) is 0 Å². The number of hydrogen-bond acceptors (Lipinski definition) is 6. The molecule has 1 atom stereocenters. The Balaban J connectivity index is 1.49. The minimum atomic E-state index is -1.04. The quantitative estimate of drug-likeness (QED) is 0.638. The summed E-state index contributed by atoms with van der Waals surface area (Å²) in [6.07, 6.45) is 2.51. The van der Waals surface area contributed by atoms with Crippen molar-refractivity contribution >= 4 is 33.4 Å². The van der Waals surface area contributed by atoms with Gasteiger partial charge in [0, 0.05) is 24.6 Å². The van der Waals surface area contributed by atoms with Crippen LogP contribution in [0.25, 0.3) is 10.2 Å². The number of rotatable bonds is 5. The molecular weight excluding hydrogens is 402 g/mol. The molecule has 3 aromatic rings. The molecule has 1 saturated carbocycles. The maximum absolute atomic E-state index is 13.1. The van der Waals surface area contributed by atoms with E-state index in [9.17, 15) is 14.4 Å². The monoisotopic (exact) mass is 423 g/mol. The number of esters is 1. The van der Waals surface area contributed by atoms with Crippen molar-refractivity contribution < 1.29 is 14.3 Å². The summed E-state index contributed by atoms with van der Waals surface area (Å²) in [4.78, 5) is 44.2. The van der Waals surface area contributed by atoms with Gasteiger partial charge in [0.1, 0.15) is 15.5 Å². The average Bonchev–Trinajstić information content (AvgIpc) is 3.31. The Bertz CT molecular complexity index is 1210. The average molecular weight is 423 g/mol. The third-order valence-electron chi connectivity index (χ3n) is 5.59. The van der Waals surface area contributed by atoms with Gasteiger partial charge in [0.2, 0.25) is 6.10 Å². The maximum atomic E-state index is 13.1. The lowest BCUT2D eigenvalue weighted by Gasteiger charge is -2.17. The molecule has 0 spiro atoms. The number of amides is 1. The number of thiophene rings is 1. The second-order valence-corrected chi connectivity index (χ2v) is 8.80. The number of fused-ring (bicyclic) bond motifs is 2. The molecule has 0 unspecified atom stereocenters. The molecule has 1 fully saturated rings. The largest absolute Gasteiger partial charge is 0.443 e. The first-order valence-corrected chi connectivity index (χ1v) is 10.9. The van der Waals surface area contributed by atoms with Gasteiger partial charge in [-0.3, -0.25) is 14.2 Å². The Hall–Kier alpha value is -3.00. The van der Waals surface area contributed by atoms with Gasteiger partial charge in [0.05, 0.1) is 5.39 Å². The minimum Gasteiger partial charge on any atom is -0.443 e. The zero-order chi connectivity index (χ0) is 20.8. The van der Waals surface area contributed by atoms with Crippen LogP contribution in [0.1, 0.15) is 52.0 Å². The van der Waals surface area contributed by atoms with Crippen LogP contribution in [0.3, 0.4) is 0 Å². The molecule has 30 heavy (non-hydrogen) atoms. The van der Waals surface area contributed by atoms with E-state index < -0.39 is 12.1 Å². The molecule has 1 N–H and O–H groups in total. The van der Waals surface area contributed by atoms with Gasteiger partial charge < -0.3 is 10.1 Å². The van der Waals surface area contributed by atoms with Gasteiger partial charge >= 0.3 is 5.97 Å². The summed E-state index contributed by atoms with van der Waals surface area (Å²) in [5, 5.41) is 3.38. The number of nitrogens with zero attached hydrogens (tertiary/aromatic N) is 2. The standard InChI is InChI=1S/C22H21N3O4S/c1-12-16-20(24-15-8-5-11-25(15)21(16)27)30-18(12)22(28)29-17(13-6-3-2-4-7-13)19(26)23-14-9-10-14/h2-4,6-7,14,17H,5,8-11H2,1H3,(H,23,26)/t17-/m0/s1. The number of aryl methyl sites for hydroxylation is 2. The normalized spacial score (nSPS) is 16.3. The number of ether oxygens (including phenoxy) is 1. The zero-order valence-electron chi connectivity index (χ0n) is 16.5. The van der Waals surface area contributed by atoms with Crippen LogP contribution in [0, 0.1) is 6.92 Å². The highest BCUT2D eigenvalue weighted by molar-refractivity contribution is 7.20. The number of hydrogen-bond donors (Lipinski definition) is 1. The predicted molar refractivity (Wildman–Crippen MR) is 113 cm³/mol. The second-order valence-electron chi connectivity index (χ2n) is 7.80. The Labute approximate surface area is 176 Å². The minimum absolute atomic E-state index is 0.105. The van der Waals surface area contributed by atoms with E-state index in [0.717, 1.165) is 42.8 Å². The van der Waals surface area contributed by atoms with Gasteiger partial charge in [-0.15, -0.1) is 11.3 Å². The first-order valence-electron chi connectivity index (χ1n) is 10.1. The summed E-state index contributed by atoms with van der Waals surface area (Å²) in [7, 11) is 0. The smallest absolute Gasteiger partial charge is 0.349 e. The van der Waals surface area contributed by atoms with Crippen LogP contribution in [0.5, 0.6) is 0 Å². The molecule has 7 nitrogen and oxygen atoms in total. The summed E-state index contributed by atoms with van der Waals surface area (Å²) in [6, 6.07) is 9.13. The summed E-state index contributed by atoms with van der Waals surface area (Å²) < 4.78 is 7.37. The SMILES string of the molecule is Cc1c(C(=O)O[C@H](C(=O)NC2CC2)c2ccccc2)sc2nc3n(c(=O)c12)CCC3. The summed E-state index contributed by atoms with van der Waals surface area (Å²) in [5.74, 6) is -0.174.